The number of para-hydroxylation sites is 1. The third kappa shape index (κ3) is 3.52. The highest BCUT2D eigenvalue weighted by atomic mass is 35.5. The van der Waals surface area contributed by atoms with Crippen LogP contribution < -0.4 is 15.0 Å². The Morgan fingerprint density at radius 2 is 1.48 bits per heavy atom. The molecule has 0 aliphatic heterocycles. The highest BCUT2D eigenvalue weighted by Crippen LogP contribution is 2.28. The Morgan fingerprint density at radius 1 is 0.913 bits per heavy atom. The van der Waals surface area contributed by atoms with Gasteiger partial charge in [0.25, 0.3) is 0 Å². The quantitative estimate of drug-likeness (QED) is 0.726. The van der Waals surface area contributed by atoms with Crippen LogP contribution in [0.4, 0.5) is 0 Å². The second-order valence-electron chi connectivity index (χ2n) is 4.74. The van der Waals surface area contributed by atoms with Crippen LogP contribution in [0, 0.1) is 0 Å². The predicted molar refractivity (Wildman–Crippen MR) is 87.5 cm³/mol. The lowest BCUT2D eigenvalue weighted by atomic mass is 10.3. The molecule has 0 aliphatic carbocycles. The Labute approximate surface area is 137 Å². The molecule has 0 amide bonds. The maximum Gasteiger partial charge on any atom is 0.311 e. The Hall–Kier alpha value is -2.79. The van der Waals surface area contributed by atoms with E-state index >= 15 is 0 Å². The molecule has 0 aliphatic rings. The van der Waals surface area contributed by atoms with Crippen molar-refractivity contribution < 1.29 is 9.47 Å². The third-order valence-corrected chi connectivity index (χ3v) is 3.34. The maximum atomic E-state index is 12.0. The van der Waals surface area contributed by atoms with Crippen molar-refractivity contribution in [3.05, 3.63) is 76.2 Å². The van der Waals surface area contributed by atoms with Gasteiger partial charge >= 0.3 is 5.56 Å². The van der Waals surface area contributed by atoms with Crippen LogP contribution in [0.25, 0.3) is 0 Å². The van der Waals surface area contributed by atoms with Crippen LogP contribution in [-0.4, -0.2) is 9.78 Å². The molecule has 0 unspecified atom stereocenters. The van der Waals surface area contributed by atoms with E-state index in [1.165, 1.54) is 13.2 Å². The first-order valence-electron chi connectivity index (χ1n) is 6.86. The fourth-order valence-electron chi connectivity index (χ4n) is 1.91. The van der Waals surface area contributed by atoms with Gasteiger partial charge in [0.05, 0.1) is 6.20 Å². The molecule has 2 aromatic carbocycles. The lowest BCUT2D eigenvalue weighted by Crippen LogP contribution is -2.20. The number of nitrogens with zero attached hydrogens (tertiary/aromatic N) is 2. The summed E-state index contributed by atoms with van der Waals surface area (Å²) in [5.41, 5.74) is -0.401. The van der Waals surface area contributed by atoms with E-state index in [2.05, 4.69) is 5.10 Å². The zero-order chi connectivity index (χ0) is 16.2. The summed E-state index contributed by atoms with van der Waals surface area (Å²) in [6, 6.07) is 16.4. The Bertz CT molecular complexity index is 861. The van der Waals surface area contributed by atoms with E-state index in [9.17, 15) is 4.79 Å². The molecule has 0 radical (unpaired) electrons. The monoisotopic (exact) mass is 328 g/mol. The second-order valence-corrected chi connectivity index (χ2v) is 5.15. The van der Waals surface area contributed by atoms with Gasteiger partial charge in [0.2, 0.25) is 5.75 Å². The third-order valence-electron chi connectivity index (χ3n) is 3.07. The van der Waals surface area contributed by atoms with E-state index in [1.807, 2.05) is 30.3 Å². The van der Waals surface area contributed by atoms with Crippen molar-refractivity contribution in [3.63, 3.8) is 0 Å². The van der Waals surface area contributed by atoms with Crippen molar-refractivity contribution in [1.29, 1.82) is 0 Å². The SMILES string of the molecule is Cn1ncc(Cl)c(Oc2ccc(Oc3ccccc3)cc2)c1=O. The van der Waals surface area contributed by atoms with Crippen molar-refractivity contribution in [2.45, 2.75) is 0 Å². The van der Waals surface area contributed by atoms with Crippen LogP contribution in [0.3, 0.4) is 0 Å². The molecule has 0 N–H and O–H groups in total. The topological polar surface area (TPSA) is 53.4 Å². The van der Waals surface area contributed by atoms with Crippen LogP contribution in [0.15, 0.2) is 65.6 Å². The van der Waals surface area contributed by atoms with Crippen molar-refractivity contribution in [1.82, 2.24) is 9.78 Å². The second kappa shape index (κ2) is 6.54. The van der Waals surface area contributed by atoms with E-state index < -0.39 is 5.56 Å². The summed E-state index contributed by atoms with van der Waals surface area (Å²) in [6.07, 6.45) is 1.37. The average molecular weight is 329 g/mol. The Morgan fingerprint density at radius 3 is 2.13 bits per heavy atom. The van der Waals surface area contributed by atoms with Gasteiger partial charge in [0.1, 0.15) is 22.3 Å². The van der Waals surface area contributed by atoms with Crippen molar-refractivity contribution in [3.8, 4) is 23.0 Å². The number of aryl methyl sites for hydroxylation is 1. The lowest BCUT2D eigenvalue weighted by molar-refractivity contribution is 0.457. The maximum absolute atomic E-state index is 12.0. The molecule has 6 heteroatoms. The molecule has 3 aromatic rings. The van der Waals surface area contributed by atoms with Gasteiger partial charge in [-0.1, -0.05) is 29.8 Å². The van der Waals surface area contributed by atoms with Gasteiger partial charge in [-0.2, -0.15) is 5.10 Å². The van der Waals surface area contributed by atoms with E-state index in [1.54, 1.807) is 24.3 Å². The fourth-order valence-corrected chi connectivity index (χ4v) is 2.07. The van der Waals surface area contributed by atoms with Crippen LogP contribution in [0.1, 0.15) is 0 Å². The summed E-state index contributed by atoms with van der Waals surface area (Å²) in [4.78, 5) is 12.0. The van der Waals surface area contributed by atoms with Crippen molar-refractivity contribution in [2.24, 2.45) is 7.05 Å². The molecule has 0 saturated heterocycles. The molecule has 116 valence electrons. The predicted octanol–water partition coefficient (Wildman–Crippen LogP) is 4.02. The van der Waals surface area contributed by atoms with Crippen LogP contribution in [-0.2, 0) is 7.05 Å². The summed E-state index contributed by atoms with van der Waals surface area (Å²) in [5, 5.41) is 3.98. The van der Waals surface area contributed by atoms with E-state index in [4.69, 9.17) is 21.1 Å². The van der Waals surface area contributed by atoms with Gasteiger partial charge in [-0.15, -0.1) is 0 Å². The van der Waals surface area contributed by atoms with Gasteiger partial charge in [0, 0.05) is 7.05 Å². The largest absolute Gasteiger partial charge is 0.457 e. The molecule has 23 heavy (non-hydrogen) atoms. The standard InChI is InChI=1S/C17H13ClN2O3/c1-20-17(21)16(15(18)11-19-20)23-14-9-7-13(8-10-14)22-12-5-3-2-4-6-12/h2-11H,1H3. The van der Waals surface area contributed by atoms with Gasteiger partial charge in [-0.25, -0.2) is 4.68 Å². The highest BCUT2D eigenvalue weighted by molar-refractivity contribution is 6.31. The summed E-state index contributed by atoms with van der Waals surface area (Å²) in [6.45, 7) is 0. The lowest BCUT2D eigenvalue weighted by Gasteiger charge is -2.09. The number of halogens is 1. The highest BCUT2D eigenvalue weighted by Gasteiger charge is 2.11. The minimum absolute atomic E-state index is 0.0425. The zero-order valence-electron chi connectivity index (χ0n) is 12.3. The molecular formula is C17H13ClN2O3. The van der Waals surface area contributed by atoms with Crippen molar-refractivity contribution in [2.75, 3.05) is 0 Å². The smallest absolute Gasteiger partial charge is 0.311 e. The molecule has 0 spiro atoms. The average Bonchev–Trinajstić information content (AvgIpc) is 2.58. The minimum atomic E-state index is -0.401. The molecule has 3 rings (SSSR count). The first-order valence-corrected chi connectivity index (χ1v) is 7.24. The van der Waals surface area contributed by atoms with Crippen molar-refractivity contribution >= 4 is 11.6 Å². The molecule has 1 heterocycles. The first kappa shape index (κ1) is 15.1. The number of hydrogen-bond donors (Lipinski definition) is 0. The van der Waals surface area contributed by atoms with Crippen LogP contribution in [0.5, 0.6) is 23.0 Å². The zero-order valence-corrected chi connectivity index (χ0v) is 13.0. The number of rotatable bonds is 4. The summed E-state index contributed by atoms with van der Waals surface area (Å²) >= 11 is 5.96. The van der Waals surface area contributed by atoms with E-state index in [-0.39, 0.29) is 10.8 Å². The fraction of sp³-hybridized carbons (Fsp3) is 0.0588. The first-order chi connectivity index (χ1) is 11.1. The Balaban J connectivity index is 1.78. The Kier molecular flexibility index (Phi) is 4.30. The number of aromatic nitrogens is 2. The minimum Gasteiger partial charge on any atom is -0.457 e. The molecule has 0 atom stereocenters. The van der Waals surface area contributed by atoms with Crippen LogP contribution in [0.2, 0.25) is 5.02 Å². The molecular weight excluding hydrogens is 316 g/mol. The number of ether oxygens (including phenoxy) is 2. The van der Waals surface area contributed by atoms with Crippen LogP contribution >= 0.6 is 11.6 Å². The van der Waals surface area contributed by atoms with Gasteiger partial charge < -0.3 is 9.47 Å². The molecule has 0 fully saturated rings. The van der Waals surface area contributed by atoms with E-state index in [0.717, 1.165) is 10.4 Å². The van der Waals surface area contributed by atoms with Gasteiger partial charge in [-0.05, 0) is 36.4 Å². The number of hydrogen-bond acceptors (Lipinski definition) is 4. The molecule has 5 nitrogen and oxygen atoms in total. The summed E-state index contributed by atoms with van der Waals surface area (Å²) < 4.78 is 12.4. The summed E-state index contributed by atoms with van der Waals surface area (Å²) in [7, 11) is 1.53. The molecule has 1 aromatic heterocycles. The number of benzene rings is 2. The van der Waals surface area contributed by atoms with Gasteiger partial charge in [-0.3, -0.25) is 4.79 Å². The summed E-state index contributed by atoms with van der Waals surface area (Å²) in [5.74, 6) is 1.93. The molecule has 0 saturated carbocycles. The molecule has 0 bridgehead atoms. The normalized spacial score (nSPS) is 10.3. The van der Waals surface area contributed by atoms with Gasteiger partial charge in [0.15, 0.2) is 0 Å². The van der Waals surface area contributed by atoms with E-state index in [0.29, 0.717) is 11.5 Å².